The molecule has 5 N–H and O–H groups in total. The molecular weight excluding hydrogens is 747 g/mol. The summed E-state index contributed by atoms with van der Waals surface area (Å²) in [6, 6.07) is 0. The van der Waals surface area contributed by atoms with Gasteiger partial charge in [0, 0.05) is 25.2 Å². The molecule has 57 heavy (non-hydrogen) atoms. The minimum absolute atomic E-state index is 0.0752. The summed E-state index contributed by atoms with van der Waals surface area (Å²) in [4.78, 5) is 43.1. The molecule has 1 rings (SSSR count). The fourth-order valence-electron chi connectivity index (χ4n) is 6.80. The average molecular weight is 825 g/mol. The van der Waals surface area contributed by atoms with Crippen molar-refractivity contribution in [3.8, 4) is 0 Å². The van der Waals surface area contributed by atoms with Gasteiger partial charge in [0.1, 0.15) is 6.61 Å². The predicted molar refractivity (Wildman–Crippen MR) is 227 cm³/mol. The highest BCUT2D eigenvalue weighted by molar-refractivity contribution is 7.46. The summed E-state index contributed by atoms with van der Waals surface area (Å²) in [5.41, 5.74) is 0. The van der Waals surface area contributed by atoms with E-state index in [1.54, 1.807) is 6.08 Å². The van der Waals surface area contributed by atoms with Gasteiger partial charge in [-0.15, -0.1) is 0 Å². The third kappa shape index (κ3) is 30.4. The molecular formula is C45H77O11P. The Morgan fingerprint density at radius 1 is 0.684 bits per heavy atom. The fourth-order valence-corrected chi connectivity index (χ4v) is 7.17. The number of phosphoric ester groups is 1. The van der Waals surface area contributed by atoms with E-state index in [9.17, 15) is 29.5 Å². The van der Waals surface area contributed by atoms with Crippen molar-refractivity contribution in [1.29, 1.82) is 0 Å². The van der Waals surface area contributed by atoms with E-state index >= 15 is 0 Å². The Kier molecular flexibility index (Phi) is 31.9. The van der Waals surface area contributed by atoms with Crippen molar-refractivity contribution >= 4 is 19.8 Å². The number of allylic oxidation sites excluding steroid dienone is 8. The molecule has 0 bridgehead atoms. The van der Waals surface area contributed by atoms with Crippen LogP contribution in [-0.2, 0) is 28.2 Å². The number of hydrogen-bond acceptors (Lipinski definition) is 9. The zero-order valence-electron chi connectivity index (χ0n) is 35.0. The highest BCUT2D eigenvalue weighted by Crippen LogP contribution is 2.38. The van der Waals surface area contributed by atoms with Crippen LogP contribution in [0.5, 0.6) is 0 Å². The van der Waals surface area contributed by atoms with Crippen LogP contribution < -0.4 is 0 Å². The number of unbranched alkanes of at least 4 members (excludes halogenated alkanes) is 11. The van der Waals surface area contributed by atoms with Gasteiger partial charge in [0.15, 0.2) is 6.10 Å². The van der Waals surface area contributed by atoms with E-state index in [0.29, 0.717) is 32.1 Å². The molecule has 0 heterocycles. The quantitative estimate of drug-likeness (QED) is 0.0178. The van der Waals surface area contributed by atoms with E-state index in [1.165, 1.54) is 25.7 Å². The summed E-state index contributed by atoms with van der Waals surface area (Å²) in [5, 5.41) is 31.3. The van der Waals surface area contributed by atoms with Crippen molar-refractivity contribution in [3.63, 3.8) is 0 Å². The van der Waals surface area contributed by atoms with Gasteiger partial charge >= 0.3 is 19.8 Å². The Bertz CT molecular complexity index is 1220. The van der Waals surface area contributed by atoms with Crippen LogP contribution in [0.2, 0.25) is 0 Å². The third-order valence-corrected chi connectivity index (χ3v) is 10.6. The molecule has 328 valence electrons. The van der Waals surface area contributed by atoms with Gasteiger partial charge in [0.2, 0.25) is 0 Å². The Balaban J connectivity index is 2.27. The summed E-state index contributed by atoms with van der Waals surface area (Å²) >= 11 is 0. The van der Waals surface area contributed by atoms with Crippen LogP contribution in [-0.4, -0.2) is 74.7 Å². The average Bonchev–Trinajstić information content (AvgIpc) is 3.44. The number of esters is 2. The molecule has 0 unspecified atom stereocenters. The van der Waals surface area contributed by atoms with Gasteiger partial charge < -0.3 is 34.6 Å². The minimum atomic E-state index is -4.83. The first-order chi connectivity index (χ1) is 27.5. The van der Waals surface area contributed by atoms with Crippen LogP contribution in [0.25, 0.3) is 0 Å². The van der Waals surface area contributed by atoms with Gasteiger partial charge in [0.05, 0.1) is 24.9 Å². The monoisotopic (exact) mass is 825 g/mol. The smallest absolute Gasteiger partial charge is 0.462 e. The zero-order chi connectivity index (χ0) is 42.0. The molecule has 0 aromatic rings. The largest absolute Gasteiger partial charge is 0.469 e. The van der Waals surface area contributed by atoms with Crippen molar-refractivity contribution in [3.05, 3.63) is 60.8 Å². The lowest BCUT2D eigenvalue weighted by molar-refractivity contribution is -0.161. The number of hydrogen-bond donors (Lipinski definition) is 5. The molecule has 0 radical (unpaired) electrons. The van der Waals surface area contributed by atoms with Gasteiger partial charge in [-0.25, -0.2) is 4.57 Å². The van der Waals surface area contributed by atoms with Crippen molar-refractivity contribution in [2.24, 2.45) is 11.8 Å². The normalized spacial score (nSPS) is 20.2. The highest BCUT2D eigenvalue weighted by Gasteiger charge is 2.39. The van der Waals surface area contributed by atoms with Crippen LogP contribution in [0.15, 0.2) is 60.8 Å². The maximum atomic E-state index is 12.5. The first-order valence-corrected chi connectivity index (χ1v) is 23.4. The van der Waals surface area contributed by atoms with E-state index < -0.39 is 50.8 Å². The molecule has 0 amide bonds. The zero-order valence-corrected chi connectivity index (χ0v) is 35.9. The topological polar surface area (TPSA) is 180 Å². The van der Waals surface area contributed by atoms with Crippen LogP contribution in [0.4, 0.5) is 0 Å². The third-order valence-electron chi connectivity index (χ3n) is 10.1. The molecule has 1 aliphatic carbocycles. The molecule has 0 spiro atoms. The maximum absolute atomic E-state index is 12.5. The second-order valence-electron chi connectivity index (χ2n) is 15.3. The fraction of sp³-hybridized carbons (Fsp3) is 0.733. The molecule has 1 fully saturated rings. The molecule has 0 aromatic heterocycles. The molecule has 11 nitrogen and oxygen atoms in total. The first-order valence-electron chi connectivity index (χ1n) is 21.8. The number of carbonyl (C=O) groups excluding carboxylic acids is 2. The van der Waals surface area contributed by atoms with Crippen LogP contribution >= 0.6 is 7.82 Å². The van der Waals surface area contributed by atoms with Crippen LogP contribution in [0.3, 0.4) is 0 Å². The SMILES string of the molecule is CCCCC/C=C\C/C=C\C/C=C\C/C=C\CCCCCC(=O)OC[C@H](COP(=O)(O)O)OC(=O)CCCCCC[C@@H]1[C@@H](/C=C/[C@@H](O)CCCCC)[C@H](O)C[C@@H]1O. The lowest BCUT2D eigenvalue weighted by Gasteiger charge is -2.21. The van der Waals surface area contributed by atoms with Crippen LogP contribution in [0.1, 0.15) is 162 Å². The van der Waals surface area contributed by atoms with E-state index in [-0.39, 0.29) is 31.3 Å². The summed E-state index contributed by atoms with van der Waals surface area (Å²) in [6.07, 6.45) is 37.2. The number of rotatable bonds is 35. The second-order valence-corrected chi connectivity index (χ2v) is 16.5. The Morgan fingerprint density at radius 2 is 1.23 bits per heavy atom. The predicted octanol–water partition coefficient (Wildman–Crippen LogP) is 9.67. The Morgan fingerprint density at radius 3 is 1.84 bits per heavy atom. The number of ether oxygens (including phenoxy) is 2. The van der Waals surface area contributed by atoms with E-state index in [2.05, 4.69) is 67.0 Å². The second kappa shape index (κ2) is 34.5. The molecule has 0 aliphatic heterocycles. The number of phosphoric acid groups is 1. The summed E-state index contributed by atoms with van der Waals surface area (Å²) in [5.74, 6) is -1.37. The van der Waals surface area contributed by atoms with Gasteiger partial charge in [0.25, 0.3) is 0 Å². The summed E-state index contributed by atoms with van der Waals surface area (Å²) < 4.78 is 26.4. The van der Waals surface area contributed by atoms with E-state index in [0.717, 1.165) is 77.0 Å². The van der Waals surface area contributed by atoms with Crippen molar-refractivity contribution in [2.45, 2.75) is 186 Å². The molecule has 0 saturated heterocycles. The molecule has 0 aromatic carbocycles. The van der Waals surface area contributed by atoms with Crippen molar-refractivity contribution in [2.75, 3.05) is 13.2 Å². The number of carbonyl (C=O) groups is 2. The van der Waals surface area contributed by atoms with Gasteiger partial charge in [-0.1, -0.05) is 132 Å². The molecule has 12 heteroatoms. The van der Waals surface area contributed by atoms with Crippen molar-refractivity contribution in [1.82, 2.24) is 0 Å². The number of aliphatic hydroxyl groups is 3. The number of aliphatic hydroxyl groups excluding tert-OH is 3. The Hall–Kier alpha value is -2.37. The summed E-state index contributed by atoms with van der Waals surface area (Å²) in [7, 11) is -4.83. The minimum Gasteiger partial charge on any atom is -0.462 e. The highest BCUT2D eigenvalue weighted by atomic mass is 31.2. The lowest BCUT2D eigenvalue weighted by Crippen LogP contribution is -2.29. The van der Waals surface area contributed by atoms with Gasteiger partial charge in [-0.05, 0) is 76.5 Å². The van der Waals surface area contributed by atoms with Gasteiger partial charge in [-0.2, -0.15) is 0 Å². The first kappa shape index (κ1) is 52.6. The molecule has 1 aliphatic rings. The van der Waals surface area contributed by atoms with Gasteiger partial charge in [-0.3, -0.25) is 14.1 Å². The Labute approximate surface area is 344 Å². The van der Waals surface area contributed by atoms with Crippen molar-refractivity contribution < 1.29 is 53.3 Å². The lowest BCUT2D eigenvalue weighted by atomic mass is 9.88. The summed E-state index contributed by atoms with van der Waals surface area (Å²) in [6.45, 7) is 3.35. The molecule has 6 atom stereocenters. The molecule has 1 saturated carbocycles. The van der Waals surface area contributed by atoms with E-state index in [4.69, 9.17) is 19.3 Å². The van der Waals surface area contributed by atoms with Crippen LogP contribution in [0, 0.1) is 11.8 Å². The van der Waals surface area contributed by atoms with E-state index in [1.807, 2.05) is 6.08 Å². The maximum Gasteiger partial charge on any atom is 0.469 e. The standard InChI is InChI=1S/C45H77O11P/c1-3-5-7-8-9-10-11-12-13-14-15-16-17-18-19-20-21-22-27-31-44(49)54-36-39(37-55-57(51,52)53)56-45(50)32-28-24-23-26-30-40-41(43(48)35-42(40)47)34-33-38(46)29-25-6-4-2/h9-10,12-13,15-16,18-19,33-34,38-43,46-48H,3-8,11,14,17,20-32,35-37H2,1-2H3,(H2,51,52,53)/b10-9-,13-12-,16-15-,19-18-,34-33+/t38-,39+,40+,41+,42-,43+/m0/s1.